The lowest BCUT2D eigenvalue weighted by Gasteiger charge is -2.04. The summed E-state index contributed by atoms with van der Waals surface area (Å²) in [5, 5.41) is 13.6. The molecular weight excluding hydrogens is 236 g/mol. The van der Waals surface area contributed by atoms with Crippen LogP contribution in [0.5, 0.6) is 0 Å². The first-order valence-electron chi connectivity index (χ1n) is 5.14. The number of pyridine rings is 1. The Morgan fingerprint density at radius 3 is 2.53 bits per heavy atom. The fraction of sp³-hybridized carbons (Fsp3) is 0.250. The molecule has 17 heavy (non-hydrogen) atoms. The average Bonchev–Trinajstić information content (AvgIpc) is 2.56. The van der Waals surface area contributed by atoms with Crippen LogP contribution in [-0.2, 0) is 0 Å². The lowest BCUT2D eigenvalue weighted by Crippen LogP contribution is -2.03. The van der Waals surface area contributed by atoms with Crippen LogP contribution in [0.4, 0.5) is 0 Å². The highest BCUT2D eigenvalue weighted by Gasteiger charge is 2.11. The van der Waals surface area contributed by atoms with Crippen LogP contribution < -0.4 is 0 Å². The van der Waals surface area contributed by atoms with Crippen LogP contribution in [0.2, 0.25) is 5.15 Å². The minimum absolute atomic E-state index is 0.296. The minimum Gasteiger partial charge on any atom is -0.219 e. The molecule has 0 amide bonds. The summed E-state index contributed by atoms with van der Waals surface area (Å²) in [6.07, 6.45) is 0. The summed E-state index contributed by atoms with van der Waals surface area (Å²) in [5.41, 5.74) is 3.54. The summed E-state index contributed by atoms with van der Waals surface area (Å²) in [7, 11) is 0. The van der Waals surface area contributed by atoms with E-state index in [2.05, 4.69) is 16.2 Å². The molecule has 0 aromatic carbocycles. The van der Waals surface area contributed by atoms with Crippen molar-refractivity contribution in [3.8, 4) is 11.9 Å². The second-order valence-corrected chi connectivity index (χ2v) is 4.24. The Balaban J connectivity index is 2.65. The lowest BCUT2D eigenvalue weighted by molar-refractivity contribution is 0.805. The van der Waals surface area contributed by atoms with E-state index in [1.54, 1.807) is 10.7 Å². The Labute approximate surface area is 104 Å². The molecular formula is C12H11ClN4. The Morgan fingerprint density at radius 2 is 2.00 bits per heavy atom. The third-order valence-corrected chi connectivity index (χ3v) is 2.97. The van der Waals surface area contributed by atoms with Gasteiger partial charge in [0, 0.05) is 11.8 Å². The number of nitriles is 1. The second-order valence-electron chi connectivity index (χ2n) is 3.86. The molecule has 86 valence electrons. The van der Waals surface area contributed by atoms with Crippen molar-refractivity contribution in [2.75, 3.05) is 0 Å². The third kappa shape index (κ3) is 2.02. The molecule has 2 aromatic heterocycles. The fourth-order valence-electron chi connectivity index (χ4n) is 1.60. The van der Waals surface area contributed by atoms with Gasteiger partial charge in [0.05, 0.1) is 17.3 Å². The van der Waals surface area contributed by atoms with Crippen LogP contribution in [0.15, 0.2) is 12.1 Å². The van der Waals surface area contributed by atoms with Gasteiger partial charge in [-0.05, 0) is 32.4 Å². The molecule has 0 spiro atoms. The third-order valence-electron chi connectivity index (χ3n) is 2.78. The standard InChI is InChI=1S/C12H11ClN4/c1-7-8(2)16-17(9(7)3)12-5-10(6-14)4-11(13)15-12/h4-5H,1-3H3. The summed E-state index contributed by atoms with van der Waals surface area (Å²) in [6.45, 7) is 5.91. The van der Waals surface area contributed by atoms with Crippen LogP contribution in [-0.4, -0.2) is 14.8 Å². The first-order valence-corrected chi connectivity index (χ1v) is 5.51. The van der Waals surface area contributed by atoms with Gasteiger partial charge in [-0.3, -0.25) is 0 Å². The molecule has 0 aliphatic carbocycles. The zero-order chi connectivity index (χ0) is 12.6. The Bertz CT molecular complexity index is 622. The maximum Gasteiger partial charge on any atom is 0.156 e. The molecule has 2 aromatic rings. The topological polar surface area (TPSA) is 54.5 Å². The highest BCUT2D eigenvalue weighted by atomic mass is 35.5. The van der Waals surface area contributed by atoms with E-state index in [-0.39, 0.29) is 0 Å². The van der Waals surface area contributed by atoms with Gasteiger partial charge in [-0.2, -0.15) is 10.4 Å². The van der Waals surface area contributed by atoms with E-state index in [9.17, 15) is 0 Å². The summed E-state index contributed by atoms with van der Waals surface area (Å²) in [4.78, 5) is 4.18. The molecule has 0 N–H and O–H groups in total. The zero-order valence-corrected chi connectivity index (χ0v) is 10.6. The van der Waals surface area contributed by atoms with Gasteiger partial charge in [-0.15, -0.1) is 0 Å². The van der Waals surface area contributed by atoms with Crippen molar-refractivity contribution in [1.29, 1.82) is 5.26 Å². The maximum atomic E-state index is 8.90. The van der Waals surface area contributed by atoms with Crippen molar-refractivity contribution in [1.82, 2.24) is 14.8 Å². The van der Waals surface area contributed by atoms with Crippen molar-refractivity contribution >= 4 is 11.6 Å². The zero-order valence-electron chi connectivity index (χ0n) is 9.82. The van der Waals surface area contributed by atoms with Gasteiger partial charge < -0.3 is 0 Å². The molecule has 0 aliphatic heterocycles. The van der Waals surface area contributed by atoms with Crippen LogP contribution in [0.25, 0.3) is 5.82 Å². The highest BCUT2D eigenvalue weighted by molar-refractivity contribution is 6.29. The predicted molar refractivity (Wildman–Crippen MR) is 65.3 cm³/mol. The Morgan fingerprint density at radius 1 is 1.29 bits per heavy atom. The van der Waals surface area contributed by atoms with Crippen LogP contribution in [0, 0.1) is 32.1 Å². The van der Waals surface area contributed by atoms with Crippen molar-refractivity contribution in [3.05, 3.63) is 39.8 Å². The molecule has 5 heteroatoms. The molecule has 2 heterocycles. The highest BCUT2D eigenvalue weighted by Crippen LogP contribution is 2.18. The SMILES string of the molecule is Cc1nn(-c2cc(C#N)cc(Cl)n2)c(C)c1C. The van der Waals surface area contributed by atoms with E-state index in [1.807, 2.05) is 20.8 Å². The summed E-state index contributed by atoms with van der Waals surface area (Å²) in [5.74, 6) is 0.572. The van der Waals surface area contributed by atoms with Gasteiger partial charge in [-0.1, -0.05) is 11.6 Å². The van der Waals surface area contributed by atoms with E-state index in [0.717, 1.165) is 17.0 Å². The van der Waals surface area contributed by atoms with E-state index in [4.69, 9.17) is 16.9 Å². The predicted octanol–water partition coefficient (Wildman–Crippen LogP) is 2.72. The van der Waals surface area contributed by atoms with E-state index in [1.165, 1.54) is 6.07 Å². The number of hydrogen-bond donors (Lipinski definition) is 0. The molecule has 0 saturated heterocycles. The molecule has 2 rings (SSSR count). The van der Waals surface area contributed by atoms with Crippen LogP contribution >= 0.6 is 11.6 Å². The number of nitrogens with zero attached hydrogens (tertiary/aromatic N) is 4. The number of aryl methyl sites for hydroxylation is 1. The molecule has 0 radical (unpaired) electrons. The number of rotatable bonds is 1. The normalized spacial score (nSPS) is 10.3. The summed E-state index contributed by atoms with van der Waals surface area (Å²) < 4.78 is 1.71. The molecule has 0 aliphatic rings. The molecule has 0 fully saturated rings. The average molecular weight is 247 g/mol. The van der Waals surface area contributed by atoms with Gasteiger partial charge >= 0.3 is 0 Å². The lowest BCUT2D eigenvalue weighted by atomic mass is 10.2. The first-order chi connectivity index (χ1) is 8.02. The Hall–Kier alpha value is -1.86. The number of hydrogen-bond acceptors (Lipinski definition) is 3. The monoisotopic (exact) mass is 246 g/mol. The van der Waals surface area contributed by atoms with Gasteiger partial charge in [0.2, 0.25) is 0 Å². The number of aromatic nitrogens is 3. The maximum absolute atomic E-state index is 8.90. The van der Waals surface area contributed by atoms with E-state index in [0.29, 0.717) is 16.5 Å². The van der Waals surface area contributed by atoms with E-state index >= 15 is 0 Å². The van der Waals surface area contributed by atoms with Gasteiger partial charge in [0.1, 0.15) is 5.15 Å². The summed E-state index contributed by atoms with van der Waals surface area (Å²) >= 11 is 5.87. The molecule has 0 atom stereocenters. The van der Waals surface area contributed by atoms with Crippen molar-refractivity contribution < 1.29 is 0 Å². The fourth-order valence-corrected chi connectivity index (χ4v) is 1.80. The summed E-state index contributed by atoms with van der Waals surface area (Å²) in [6, 6.07) is 5.26. The first kappa shape index (κ1) is 11.6. The number of halogens is 1. The van der Waals surface area contributed by atoms with Gasteiger partial charge in [-0.25, -0.2) is 9.67 Å². The molecule has 0 saturated carbocycles. The second kappa shape index (κ2) is 4.19. The van der Waals surface area contributed by atoms with Crippen molar-refractivity contribution in [2.45, 2.75) is 20.8 Å². The minimum atomic E-state index is 0.296. The quantitative estimate of drug-likeness (QED) is 0.727. The van der Waals surface area contributed by atoms with Crippen molar-refractivity contribution in [2.24, 2.45) is 0 Å². The molecule has 0 bridgehead atoms. The van der Waals surface area contributed by atoms with E-state index < -0.39 is 0 Å². The van der Waals surface area contributed by atoms with Crippen LogP contribution in [0.3, 0.4) is 0 Å². The molecule has 0 unspecified atom stereocenters. The Kier molecular flexibility index (Phi) is 2.86. The van der Waals surface area contributed by atoms with Crippen LogP contribution in [0.1, 0.15) is 22.5 Å². The largest absolute Gasteiger partial charge is 0.219 e. The van der Waals surface area contributed by atoms with Crippen molar-refractivity contribution in [3.63, 3.8) is 0 Å². The molecule has 4 nitrogen and oxygen atoms in total. The van der Waals surface area contributed by atoms with Gasteiger partial charge in [0.25, 0.3) is 0 Å². The smallest absolute Gasteiger partial charge is 0.156 e. The van der Waals surface area contributed by atoms with Gasteiger partial charge in [0.15, 0.2) is 5.82 Å².